The van der Waals surface area contributed by atoms with E-state index in [0.717, 1.165) is 0 Å². The van der Waals surface area contributed by atoms with E-state index in [1.165, 1.54) is 13.0 Å². The number of nitrogens with two attached hydrogens (primary N) is 1. The van der Waals surface area contributed by atoms with Gasteiger partial charge in [-0.2, -0.15) is 0 Å². The predicted octanol–water partition coefficient (Wildman–Crippen LogP) is 1.27. The molecule has 2 aliphatic rings. The van der Waals surface area contributed by atoms with E-state index in [0.29, 0.717) is 16.7 Å². The topological polar surface area (TPSA) is 77.2 Å². The van der Waals surface area contributed by atoms with Crippen molar-refractivity contribution in [2.75, 3.05) is 0 Å². The summed E-state index contributed by atoms with van der Waals surface area (Å²) in [4.78, 5) is 36.5. The number of rotatable bonds is 1. The zero-order chi connectivity index (χ0) is 14.4. The lowest BCUT2D eigenvalue weighted by Gasteiger charge is -2.32. The van der Waals surface area contributed by atoms with Gasteiger partial charge in [0.1, 0.15) is 0 Å². The summed E-state index contributed by atoms with van der Waals surface area (Å²) in [6.07, 6.45) is 4.22. The zero-order valence-electron chi connectivity index (χ0n) is 10.8. The van der Waals surface area contributed by atoms with E-state index in [4.69, 9.17) is 5.73 Å². The molecule has 0 saturated heterocycles. The highest BCUT2D eigenvalue weighted by atomic mass is 16.1. The van der Waals surface area contributed by atoms with Gasteiger partial charge in [0.25, 0.3) is 0 Å². The summed E-state index contributed by atoms with van der Waals surface area (Å²) in [5.74, 6) is -1.47. The standard InChI is InChI=1S/C16H12NO3/c1-8(18)9-6-7-12-13(14(9)17)16(20)11-5-3-2-4-10(11)15(12)19/h2-6,13-14H,17H2,1H3. The summed E-state index contributed by atoms with van der Waals surface area (Å²) in [6.45, 7) is 1.39. The third kappa shape index (κ3) is 1.62. The number of Topliss-reactive ketones (excluding diaryl/α,β-unsaturated/α-hetero) is 3. The van der Waals surface area contributed by atoms with Crippen LogP contribution in [0.1, 0.15) is 27.6 Å². The first-order valence-electron chi connectivity index (χ1n) is 6.30. The van der Waals surface area contributed by atoms with Crippen LogP contribution in [0.25, 0.3) is 0 Å². The van der Waals surface area contributed by atoms with Gasteiger partial charge in [0.2, 0.25) is 0 Å². The van der Waals surface area contributed by atoms with E-state index in [1.807, 2.05) is 0 Å². The molecule has 2 unspecified atom stereocenters. The van der Waals surface area contributed by atoms with Crippen LogP contribution in [0.5, 0.6) is 0 Å². The highest BCUT2D eigenvalue weighted by molar-refractivity contribution is 6.24. The van der Waals surface area contributed by atoms with Crippen LogP contribution in [0.2, 0.25) is 0 Å². The first-order valence-corrected chi connectivity index (χ1v) is 6.30. The first kappa shape index (κ1) is 12.7. The lowest BCUT2D eigenvalue weighted by atomic mass is 9.70. The van der Waals surface area contributed by atoms with E-state index in [2.05, 4.69) is 6.08 Å². The van der Waals surface area contributed by atoms with Crippen LogP contribution in [0.3, 0.4) is 0 Å². The summed E-state index contributed by atoms with van der Waals surface area (Å²) >= 11 is 0. The van der Waals surface area contributed by atoms with Crippen LogP contribution in [0.4, 0.5) is 0 Å². The van der Waals surface area contributed by atoms with E-state index in [9.17, 15) is 14.4 Å². The number of hydrogen-bond donors (Lipinski definition) is 1. The van der Waals surface area contributed by atoms with Gasteiger partial charge in [0, 0.05) is 28.3 Å². The van der Waals surface area contributed by atoms with Crippen LogP contribution in [0, 0.1) is 12.0 Å². The Hall–Kier alpha value is -2.33. The summed E-state index contributed by atoms with van der Waals surface area (Å²) in [6, 6.07) is 5.87. The molecule has 0 bridgehead atoms. The Morgan fingerprint density at radius 2 is 1.85 bits per heavy atom. The molecule has 4 nitrogen and oxygen atoms in total. The van der Waals surface area contributed by atoms with Gasteiger partial charge in [-0.3, -0.25) is 14.4 Å². The predicted molar refractivity (Wildman–Crippen MR) is 72.1 cm³/mol. The second-order valence-corrected chi connectivity index (χ2v) is 4.96. The van der Waals surface area contributed by atoms with Crippen molar-refractivity contribution in [1.29, 1.82) is 0 Å². The van der Waals surface area contributed by atoms with Gasteiger partial charge >= 0.3 is 0 Å². The Labute approximate surface area is 116 Å². The number of allylic oxidation sites excluding steroid dienone is 2. The maximum Gasteiger partial charge on any atom is 0.191 e. The van der Waals surface area contributed by atoms with Gasteiger partial charge in [0.15, 0.2) is 17.3 Å². The van der Waals surface area contributed by atoms with Gasteiger partial charge in [-0.15, -0.1) is 0 Å². The average molecular weight is 266 g/mol. The molecule has 0 aromatic heterocycles. The van der Waals surface area contributed by atoms with Crippen LogP contribution >= 0.6 is 0 Å². The molecule has 0 spiro atoms. The van der Waals surface area contributed by atoms with Gasteiger partial charge in [-0.1, -0.05) is 24.3 Å². The van der Waals surface area contributed by atoms with Crippen LogP contribution in [0.15, 0.2) is 41.5 Å². The lowest BCUT2D eigenvalue weighted by molar-refractivity contribution is -0.113. The molecular formula is C16H12NO3. The fourth-order valence-electron chi connectivity index (χ4n) is 2.75. The van der Waals surface area contributed by atoms with Crippen molar-refractivity contribution in [3.8, 4) is 0 Å². The summed E-state index contributed by atoms with van der Waals surface area (Å²) in [5.41, 5.74) is 7.36. The molecule has 99 valence electrons. The molecule has 0 saturated carbocycles. The molecule has 20 heavy (non-hydrogen) atoms. The number of benzene rings is 1. The summed E-state index contributed by atoms with van der Waals surface area (Å²) < 4.78 is 0. The van der Waals surface area contributed by atoms with Crippen LogP contribution < -0.4 is 5.73 Å². The van der Waals surface area contributed by atoms with Crippen LogP contribution in [-0.2, 0) is 4.79 Å². The number of carbonyl (C=O) groups is 3. The second-order valence-electron chi connectivity index (χ2n) is 4.96. The van der Waals surface area contributed by atoms with Crippen molar-refractivity contribution in [2.45, 2.75) is 13.0 Å². The molecule has 2 N–H and O–H groups in total. The normalized spacial score (nSPS) is 24.5. The highest BCUT2D eigenvalue weighted by Crippen LogP contribution is 2.35. The Morgan fingerprint density at radius 3 is 2.50 bits per heavy atom. The maximum atomic E-state index is 12.5. The first-order chi connectivity index (χ1) is 9.52. The SMILES string of the molecule is CC(=O)C1=C[C]=C2C(=O)c3ccccc3C(=O)C2C1N. The molecule has 1 aromatic carbocycles. The molecule has 0 aliphatic heterocycles. The third-order valence-corrected chi connectivity index (χ3v) is 3.78. The number of fused-ring (bicyclic) bond motifs is 2. The minimum absolute atomic E-state index is 0.205. The molecular weight excluding hydrogens is 254 g/mol. The second kappa shape index (κ2) is 4.35. The Morgan fingerprint density at radius 1 is 1.20 bits per heavy atom. The fraction of sp³-hybridized carbons (Fsp3) is 0.188. The Kier molecular flexibility index (Phi) is 2.76. The molecule has 0 fully saturated rings. The molecule has 0 heterocycles. The monoisotopic (exact) mass is 266 g/mol. The van der Waals surface area contributed by atoms with E-state index in [1.54, 1.807) is 24.3 Å². The van der Waals surface area contributed by atoms with Gasteiger partial charge in [-0.05, 0) is 19.1 Å². The molecule has 0 amide bonds. The summed E-state index contributed by atoms with van der Waals surface area (Å²) in [5, 5.41) is 0. The quantitative estimate of drug-likeness (QED) is 0.830. The van der Waals surface area contributed by atoms with E-state index >= 15 is 0 Å². The average Bonchev–Trinajstić information content (AvgIpc) is 2.44. The molecule has 1 radical (unpaired) electrons. The number of carbonyl (C=O) groups excluding carboxylic acids is 3. The Bertz CT molecular complexity index is 712. The number of ketones is 3. The smallest absolute Gasteiger partial charge is 0.191 e. The fourth-order valence-corrected chi connectivity index (χ4v) is 2.75. The molecule has 2 aliphatic carbocycles. The van der Waals surface area contributed by atoms with Gasteiger partial charge < -0.3 is 5.73 Å². The van der Waals surface area contributed by atoms with Crippen molar-refractivity contribution in [1.82, 2.24) is 0 Å². The van der Waals surface area contributed by atoms with E-state index < -0.39 is 12.0 Å². The van der Waals surface area contributed by atoms with Crippen molar-refractivity contribution in [3.05, 3.63) is 58.7 Å². The zero-order valence-corrected chi connectivity index (χ0v) is 10.8. The van der Waals surface area contributed by atoms with Crippen LogP contribution in [-0.4, -0.2) is 23.4 Å². The minimum atomic E-state index is -0.804. The Balaban J connectivity index is 2.19. The van der Waals surface area contributed by atoms with Crippen molar-refractivity contribution in [3.63, 3.8) is 0 Å². The van der Waals surface area contributed by atoms with E-state index in [-0.39, 0.29) is 22.9 Å². The molecule has 3 rings (SSSR count). The van der Waals surface area contributed by atoms with Gasteiger partial charge in [-0.25, -0.2) is 0 Å². The molecule has 4 heteroatoms. The largest absolute Gasteiger partial charge is 0.323 e. The van der Waals surface area contributed by atoms with Crippen molar-refractivity contribution < 1.29 is 14.4 Å². The van der Waals surface area contributed by atoms with Gasteiger partial charge in [0.05, 0.1) is 5.92 Å². The summed E-state index contributed by atoms with van der Waals surface area (Å²) in [7, 11) is 0. The lowest BCUT2D eigenvalue weighted by Crippen LogP contribution is -2.46. The molecule has 2 atom stereocenters. The maximum absolute atomic E-state index is 12.5. The number of hydrogen-bond acceptors (Lipinski definition) is 4. The third-order valence-electron chi connectivity index (χ3n) is 3.78. The highest BCUT2D eigenvalue weighted by Gasteiger charge is 2.43. The minimum Gasteiger partial charge on any atom is -0.323 e. The van der Waals surface area contributed by atoms with Crippen molar-refractivity contribution in [2.24, 2.45) is 11.7 Å². The van der Waals surface area contributed by atoms with Crippen molar-refractivity contribution >= 4 is 17.3 Å². The molecule has 1 aromatic rings.